The summed E-state index contributed by atoms with van der Waals surface area (Å²) in [4.78, 5) is 119. The lowest BCUT2D eigenvalue weighted by Crippen LogP contribution is -2.54. The van der Waals surface area contributed by atoms with Crippen LogP contribution in [0, 0.1) is 5.92 Å². The molecule has 8 amide bonds. The number of alkyl halides is 1. The van der Waals surface area contributed by atoms with Crippen LogP contribution < -0.4 is 45.3 Å². The van der Waals surface area contributed by atoms with Crippen LogP contribution in [0.2, 0.25) is 0 Å². The lowest BCUT2D eigenvalue weighted by molar-refractivity contribution is -0.128. The SMILES string of the molecule is COc1cc2c(cc1OCCCCCC(=O)N1C[C@@H](CCl)c3c1cc(OC(=O)N1CCN(C)CC1)c1ccccc31)N(C(=O)OCc1ccc(NC(=O)[C@H](CCCCNC(=O)OC(C)(C)C)NC(=O)[C@@H](NC(=O)OCC3c4ccccc4-c4ccccc43)C(C)C)cc1)[C@@H](O)C1CCCN1C2=O. The number of amides is 8. The minimum absolute atomic E-state index is 0.0354. The van der Waals surface area contributed by atoms with E-state index < -0.39 is 78.0 Å². The molecule has 0 spiro atoms. The first-order chi connectivity index (χ1) is 49.1. The summed E-state index contributed by atoms with van der Waals surface area (Å²) in [5.41, 5.74) is 6.17. The number of nitrogens with zero attached hydrogens (tertiary/aromatic N) is 5. The molecular formula is C77H92ClN9O15. The number of likely N-dealkylation sites (N-methyl/N-ethyl adjacent to an activating group) is 1. The van der Waals surface area contributed by atoms with E-state index in [4.69, 9.17) is 40.0 Å². The maximum Gasteiger partial charge on any atom is 0.416 e. The van der Waals surface area contributed by atoms with Gasteiger partial charge in [-0.3, -0.25) is 19.2 Å². The summed E-state index contributed by atoms with van der Waals surface area (Å²) in [6.07, 6.45) is -0.338. The largest absolute Gasteiger partial charge is 0.493 e. The molecule has 0 radical (unpaired) electrons. The molecule has 1 unspecified atom stereocenters. The van der Waals surface area contributed by atoms with Gasteiger partial charge >= 0.3 is 24.4 Å². The van der Waals surface area contributed by atoms with Gasteiger partial charge in [-0.05, 0) is 142 Å². The van der Waals surface area contributed by atoms with Crippen LogP contribution in [0.1, 0.15) is 137 Å². The molecule has 1 aliphatic carbocycles. The van der Waals surface area contributed by atoms with E-state index in [0.717, 1.165) is 56.6 Å². The van der Waals surface area contributed by atoms with Crippen molar-refractivity contribution in [3.05, 3.63) is 143 Å². The van der Waals surface area contributed by atoms with Crippen molar-refractivity contribution in [1.29, 1.82) is 0 Å². The lowest BCUT2D eigenvalue weighted by atomic mass is 9.95. The Morgan fingerprint density at radius 1 is 0.706 bits per heavy atom. The van der Waals surface area contributed by atoms with E-state index in [1.165, 1.54) is 19.2 Å². The Labute approximate surface area is 599 Å². The Bertz CT molecular complexity index is 4020. The van der Waals surface area contributed by atoms with Gasteiger partial charge in [0.05, 0.1) is 36.7 Å². The Morgan fingerprint density at radius 3 is 2.08 bits per heavy atom. The highest BCUT2D eigenvalue weighted by molar-refractivity contribution is 6.19. The molecule has 2 saturated heterocycles. The van der Waals surface area contributed by atoms with Gasteiger partial charge in [0.2, 0.25) is 17.7 Å². The number of anilines is 3. The third-order valence-electron chi connectivity index (χ3n) is 19.4. The first-order valence-electron chi connectivity index (χ1n) is 35.2. The molecule has 2 fully saturated rings. The van der Waals surface area contributed by atoms with Crippen LogP contribution in [-0.4, -0.2) is 177 Å². The number of fused-ring (bicyclic) bond motifs is 8. The van der Waals surface area contributed by atoms with Crippen molar-refractivity contribution in [2.45, 2.75) is 141 Å². The number of benzene rings is 6. The summed E-state index contributed by atoms with van der Waals surface area (Å²) >= 11 is 6.58. The van der Waals surface area contributed by atoms with Crippen molar-refractivity contribution in [2.24, 2.45) is 5.92 Å². The molecule has 4 aliphatic heterocycles. The van der Waals surface area contributed by atoms with Crippen LogP contribution in [0.4, 0.5) is 36.2 Å². The van der Waals surface area contributed by atoms with Crippen LogP contribution in [0.15, 0.2) is 115 Å². The van der Waals surface area contributed by atoms with Crippen LogP contribution in [0.25, 0.3) is 21.9 Å². The van der Waals surface area contributed by atoms with Gasteiger partial charge in [0.25, 0.3) is 5.91 Å². The Balaban J connectivity index is 0.709. The molecule has 5 N–H and O–H groups in total. The first kappa shape index (κ1) is 73.6. The molecule has 0 bridgehead atoms. The number of carbonyl (C=O) groups is 8. The molecule has 11 rings (SSSR count). The molecule has 4 heterocycles. The summed E-state index contributed by atoms with van der Waals surface area (Å²) in [6, 6.07) is 32.0. The van der Waals surface area contributed by atoms with Crippen LogP contribution in [0.5, 0.6) is 17.2 Å². The molecule has 0 saturated carbocycles. The minimum Gasteiger partial charge on any atom is -0.493 e. The minimum atomic E-state index is -1.50. The average molecular weight is 1420 g/mol. The predicted octanol–water partition coefficient (Wildman–Crippen LogP) is 11.7. The molecular weight excluding hydrogens is 1330 g/mol. The molecule has 0 aromatic heterocycles. The van der Waals surface area contributed by atoms with Crippen LogP contribution >= 0.6 is 11.6 Å². The van der Waals surface area contributed by atoms with Crippen molar-refractivity contribution in [2.75, 3.05) is 94.2 Å². The first-order valence-corrected chi connectivity index (χ1v) is 35.8. The number of methoxy groups -OCH3 is 1. The highest BCUT2D eigenvalue weighted by Crippen LogP contribution is 2.48. The number of alkyl carbamates (subject to hydrolysis) is 2. The number of ether oxygens (including phenoxy) is 6. The predicted molar refractivity (Wildman–Crippen MR) is 386 cm³/mol. The van der Waals surface area contributed by atoms with Gasteiger partial charge < -0.3 is 74.4 Å². The van der Waals surface area contributed by atoms with E-state index in [2.05, 4.69) is 26.2 Å². The summed E-state index contributed by atoms with van der Waals surface area (Å²) in [7, 11) is 3.46. The van der Waals surface area contributed by atoms with Gasteiger partial charge in [0.1, 0.15) is 36.6 Å². The Morgan fingerprint density at radius 2 is 1.39 bits per heavy atom. The van der Waals surface area contributed by atoms with E-state index in [1.807, 2.05) is 79.8 Å². The monoisotopic (exact) mass is 1420 g/mol. The molecule has 102 heavy (non-hydrogen) atoms. The van der Waals surface area contributed by atoms with Crippen LogP contribution in [0.3, 0.4) is 0 Å². The normalized spacial score (nSPS) is 17.7. The van der Waals surface area contributed by atoms with Gasteiger partial charge in [-0.15, -0.1) is 11.6 Å². The van der Waals surface area contributed by atoms with Crippen molar-refractivity contribution in [3.63, 3.8) is 0 Å². The molecule has 5 atom stereocenters. The number of unbranched alkanes of at least 4 members (excludes halogenated alkanes) is 3. The second-order valence-electron chi connectivity index (χ2n) is 28.0. The number of piperazine rings is 1. The maximum atomic E-state index is 14.5. The van der Waals surface area contributed by atoms with Crippen molar-refractivity contribution < 1.29 is 71.9 Å². The summed E-state index contributed by atoms with van der Waals surface area (Å²) in [5, 5.41) is 24.9. The third-order valence-corrected chi connectivity index (χ3v) is 19.7. The Hall–Kier alpha value is -9.65. The number of hydrogen-bond donors (Lipinski definition) is 5. The number of nitrogens with one attached hydrogen (secondary N) is 4. The van der Waals surface area contributed by atoms with Crippen LogP contribution in [-0.2, 0) is 35.2 Å². The van der Waals surface area contributed by atoms with Gasteiger partial charge in [-0.25, -0.2) is 24.1 Å². The molecule has 5 aliphatic rings. The fraction of sp³-hybridized carbons (Fsp3) is 0.455. The van der Waals surface area contributed by atoms with Crippen molar-refractivity contribution >= 4 is 87.4 Å². The highest BCUT2D eigenvalue weighted by Gasteiger charge is 2.46. The van der Waals surface area contributed by atoms with Gasteiger partial charge in [-0.1, -0.05) is 98.8 Å². The second kappa shape index (κ2) is 33.0. The molecule has 6 aromatic carbocycles. The van der Waals surface area contributed by atoms with Crippen molar-refractivity contribution in [1.82, 2.24) is 30.7 Å². The molecule has 542 valence electrons. The van der Waals surface area contributed by atoms with E-state index in [-0.39, 0.29) is 79.7 Å². The van der Waals surface area contributed by atoms with Gasteiger partial charge in [-0.2, -0.15) is 0 Å². The van der Waals surface area contributed by atoms with E-state index in [9.17, 15) is 43.5 Å². The number of rotatable bonds is 25. The molecule has 6 aromatic rings. The smallest absolute Gasteiger partial charge is 0.416 e. The highest BCUT2D eigenvalue weighted by atomic mass is 35.5. The summed E-state index contributed by atoms with van der Waals surface area (Å²) < 4.78 is 35.2. The van der Waals surface area contributed by atoms with Gasteiger partial charge in [0, 0.05) is 93.2 Å². The molecule has 24 nitrogen and oxygen atoms in total. The summed E-state index contributed by atoms with van der Waals surface area (Å²) in [5.74, 6) is -1.27. The zero-order valence-electron chi connectivity index (χ0n) is 58.9. The van der Waals surface area contributed by atoms with Crippen molar-refractivity contribution in [3.8, 4) is 28.4 Å². The fourth-order valence-corrected chi connectivity index (χ4v) is 14.3. The topological polar surface area (TPSA) is 276 Å². The Kier molecular flexibility index (Phi) is 23.8. The zero-order chi connectivity index (χ0) is 72.4. The quantitative estimate of drug-likeness (QED) is 0.0202. The van der Waals surface area contributed by atoms with Gasteiger partial charge in [0.15, 0.2) is 17.7 Å². The number of aliphatic hydroxyl groups is 1. The molecule has 25 heteroatoms. The number of halogens is 1. The lowest BCUT2D eigenvalue weighted by Gasteiger charge is -2.31. The third kappa shape index (κ3) is 17.1. The number of hydrogen-bond acceptors (Lipinski definition) is 16. The number of aliphatic hydroxyl groups excluding tert-OH is 1. The summed E-state index contributed by atoms with van der Waals surface area (Å²) in [6.45, 7) is 12.3. The van der Waals surface area contributed by atoms with E-state index in [0.29, 0.717) is 99.7 Å². The zero-order valence-corrected chi connectivity index (χ0v) is 59.7. The average Bonchev–Trinajstić information content (AvgIpc) is 1.55. The fourth-order valence-electron chi connectivity index (χ4n) is 14.0. The maximum absolute atomic E-state index is 14.5. The second-order valence-corrected chi connectivity index (χ2v) is 28.3. The standard InChI is InChI=1S/C77H92ClN9O15/c1-47(2)68(82-74(94)99-46-58-53-22-12-10-20-51(53)52-21-11-13-23-54(52)58)70(90)81-59(26-16-17-33-79-73(93)102-77(3,4)5)69(89)80-50-31-29-48(30-32-50)45-100-76(96)87-61-41-65(64(97-7)40-57(61)71(91)85-34-19-27-60(85)72(87)92)98-39-18-8-9-28-66(88)86-44-49(43-78)67-56-25-15-14-24-55(56)63(42-62(67)86)101-75(95)84-37-35-83(6)36-38-84/h10-15,20-25,29-32,40-42,47,49,58-60,68,72,92H,8-9,16-19,26-28,33-39,43-46H2,1-7H3,(H,79,93)(H,80,89)(H,81,90)(H,82,94)/t49-,59+,60?,68+,72+/m1/s1. The van der Waals surface area contributed by atoms with E-state index in [1.54, 1.807) is 79.7 Å². The van der Waals surface area contributed by atoms with E-state index >= 15 is 0 Å². The number of carbonyl (C=O) groups excluding carboxylic acids is 8.